The third kappa shape index (κ3) is 4.09. The second-order valence-corrected chi connectivity index (χ2v) is 7.22. The van der Waals surface area contributed by atoms with E-state index in [4.69, 9.17) is 0 Å². The first kappa shape index (κ1) is 16.1. The summed E-state index contributed by atoms with van der Waals surface area (Å²) in [6.07, 6.45) is 2.68. The lowest BCUT2D eigenvalue weighted by Gasteiger charge is -2.07. The third-order valence-electron chi connectivity index (χ3n) is 3.07. The first-order valence-electron chi connectivity index (χ1n) is 7.01. The molecule has 0 bridgehead atoms. The summed E-state index contributed by atoms with van der Waals surface area (Å²) in [7, 11) is -3.52. The minimum Gasteiger partial charge on any atom is -0.349 e. The van der Waals surface area contributed by atoms with Crippen molar-refractivity contribution in [2.75, 3.05) is 11.3 Å². The fourth-order valence-corrected chi connectivity index (χ4v) is 3.83. The van der Waals surface area contributed by atoms with Crippen LogP contribution in [0.1, 0.15) is 26.0 Å². The lowest BCUT2D eigenvalue weighted by molar-refractivity contribution is 0.598. The zero-order valence-corrected chi connectivity index (χ0v) is 13.9. The first-order valence-corrected chi connectivity index (χ1v) is 9.44. The molecule has 2 N–H and O–H groups in total. The zero-order valence-electron chi connectivity index (χ0n) is 12.3. The van der Waals surface area contributed by atoms with E-state index in [1.807, 2.05) is 16.9 Å². The maximum atomic E-state index is 12.4. The van der Waals surface area contributed by atoms with Crippen LogP contribution in [0.5, 0.6) is 0 Å². The van der Waals surface area contributed by atoms with Gasteiger partial charge >= 0.3 is 0 Å². The van der Waals surface area contributed by atoms with E-state index in [1.165, 1.54) is 11.3 Å². The van der Waals surface area contributed by atoms with Crippen molar-refractivity contribution in [3.8, 4) is 0 Å². The lowest BCUT2D eigenvalue weighted by atomic mass is 10.4. The summed E-state index contributed by atoms with van der Waals surface area (Å²) in [6.45, 7) is 6.45. The molecule has 0 saturated heterocycles. The van der Waals surface area contributed by atoms with Crippen LogP contribution in [-0.4, -0.2) is 19.5 Å². The van der Waals surface area contributed by atoms with Crippen molar-refractivity contribution in [1.82, 2.24) is 9.88 Å². The monoisotopic (exact) mass is 327 g/mol. The first-order chi connectivity index (χ1) is 10.1. The van der Waals surface area contributed by atoms with Gasteiger partial charge in [0.15, 0.2) is 0 Å². The molecule has 0 unspecified atom stereocenters. The van der Waals surface area contributed by atoms with Gasteiger partial charge in [-0.2, -0.15) is 11.3 Å². The largest absolute Gasteiger partial charge is 0.349 e. The number of anilines is 1. The zero-order chi connectivity index (χ0) is 15.3. The van der Waals surface area contributed by atoms with Crippen LogP contribution in [0.4, 0.5) is 5.69 Å². The van der Waals surface area contributed by atoms with Crippen LogP contribution in [0.3, 0.4) is 0 Å². The standard InChI is InChI=1S/C14H21N3O2S2/c1-3-6-17-10-14(8-13(17)9-15-4-2)21(18,19)16-12-5-7-20-11-12/h5,7-8,10-11,15-16H,3-4,6,9H2,1-2H3. The Hall–Kier alpha value is -1.31. The number of nitrogens with zero attached hydrogens (tertiary/aromatic N) is 1. The van der Waals surface area contributed by atoms with E-state index in [0.717, 1.165) is 25.2 Å². The number of aryl methyl sites for hydroxylation is 1. The van der Waals surface area contributed by atoms with Crippen LogP contribution in [-0.2, 0) is 23.1 Å². The van der Waals surface area contributed by atoms with Crippen molar-refractivity contribution in [1.29, 1.82) is 0 Å². The van der Waals surface area contributed by atoms with Gasteiger partial charge in [0.1, 0.15) is 4.90 Å². The van der Waals surface area contributed by atoms with Gasteiger partial charge in [-0.05, 0) is 30.5 Å². The number of hydrogen-bond donors (Lipinski definition) is 2. The molecule has 2 aromatic heterocycles. The van der Waals surface area contributed by atoms with Crippen LogP contribution in [0, 0.1) is 0 Å². The molecule has 0 spiro atoms. The van der Waals surface area contributed by atoms with Crippen LogP contribution in [0.15, 0.2) is 34.0 Å². The number of rotatable bonds is 8. The van der Waals surface area contributed by atoms with Gasteiger partial charge in [0.2, 0.25) is 0 Å². The van der Waals surface area contributed by atoms with Gasteiger partial charge in [-0.15, -0.1) is 0 Å². The van der Waals surface area contributed by atoms with E-state index < -0.39 is 10.0 Å². The van der Waals surface area contributed by atoms with E-state index in [-0.39, 0.29) is 0 Å². The average molecular weight is 327 g/mol. The predicted molar refractivity (Wildman–Crippen MR) is 87.2 cm³/mol. The fourth-order valence-electron chi connectivity index (χ4n) is 2.06. The molecular weight excluding hydrogens is 306 g/mol. The highest BCUT2D eigenvalue weighted by Gasteiger charge is 2.18. The van der Waals surface area contributed by atoms with Crippen LogP contribution in [0.25, 0.3) is 0 Å². The molecule has 0 aliphatic carbocycles. The topological polar surface area (TPSA) is 63.1 Å². The normalized spacial score (nSPS) is 11.7. The summed E-state index contributed by atoms with van der Waals surface area (Å²) >= 11 is 1.46. The van der Waals surface area contributed by atoms with Crippen molar-refractivity contribution in [2.24, 2.45) is 0 Å². The lowest BCUT2D eigenvalue weighted by Crippen LogP contribution is -2.15. The molecule has 21 heavy (non-hydrogen) atoms. The summed E-state index contributed by atoms with van der Waals surface area (Å²) in [4.78, 5) is 0.315. The van der Waals surface area contributed by atoms with Crippen molar-refractivity contribution in [2.45, 2.75) is 38.3 Å². The van der Waals surface area contributed by atoms with E-state index >= 15 is 0 Å². The number of thiophene rings is 1. The Morgan fingerprint density at radius 1 is 1.33 bits per heavy atom. The fraction of sp³-hybridized carbons (Fsp3) is 0.429. The Morgan fingerprint density at radius 2 is 2.14 bits per heavy atom. The molecule has 7 heteroatoms. The summed E-state index contributed by atoms with van der Waals surface area (Å²) < 4.78 is 29.4. The molecule has 5 nitrogen and oxygen atoms in total. The summed E-state index contributed by atoms with van der Waals surface area (Å²) in [5, 5.41) is 6.86. The highest BCUT2D eigenvalue weighted by Crippen LogP contribution is 2.20. The van der Waals surface area contributed by atoms with Gasteiger partial charge in [-0.3, -0.25) is 4.72 Å². The van der Waals surface area contributed by atoms with Crippen molar-refractivity contribution in [3.05, 3.63) is 34.8 Å². The second-order valence-electron chi connectivity index (χ2n) is 4.76. The molecule has 0 aliphatic rings. The predicted octanol–water partition coefficient (Wildman–Crippen LogP) is 2.87. The molecule has 0 fully saturated rings. The van der Waals surface area contributed by atoms with Crippen LogP contribution in [0.2, 0.25) is 0 Å². The summed E-state index contributed by atoms with van der Waals surface area (Å²) in [5.41, 5.74) is 1.60. The number of hydrogen-bond acceptors (Lipinski definition) is 4. The Balaban J connectivity index is 2.25. The van der Waals surface area contributed by atoms with Gasteiger partial charge < -0.3 is 9.88 Å². The molecule has 2 heterocycles. The number of sulfonamides is 1. The molecule has 0 saturated carbocycles. The van der Waals surface area contributed by atoms with Crippen molar-refractivity contribution in [3.63, 3.8) is 0 Å². The highest BCUT2D eigenvalue weighted by molar-refractivity contribution is 7.92. The van der Waals surface area contributed by atoms with E-state index in [0.29, 0.717) is 17.1 Å². The molecule has 0 radical (unpaired) electrons. The van der Waals surface area contributed by atoms with Crippen molar-refractivity contribution >= 4 is 27.0 Å². The summed E-state index contributed by atoms with van der Waals surface area (Å²) in [5.74, 6) is 0. The van der Waals surface area contributed by atoms with Crippen LogP contribution < -0.4 is 10.0 Å². The van der Waals surface area contributed by atoms with Gasteiger partial charge in [0.25, 0.3) is 10.0 Å². The molecule has 0 aromatic carbocycles. The Morgan fingerprint density at radius 3 is 2.76 bits per heavy atom. The second kappa shape index (κ2) is 7.11. The van der Waals surface area contributed by atoms with Gasteiger partial charge in [0.05, 0.1) is 5.69 Å². The maximum Gasteiger partial charge on any atom is 0.263 e. The molecule has 116 valence electrons. The van der Waals surface area contributed by atoms with E-state index in [9.17, 15) is 8.42 Å². The molecule has 0 amide bonds. The minimum atomic E-state index is -3.52. The van der Waals surface area contributed by atoms with Gasteiger partial charge in [0, 0.05) is 30.4 Å². The molecule has 0 atom stereocenters. The minimum absolute atomic E-state index is 0.315. The average Bonchev–Trinajstić information content (AvgIpc) is 3.06. The molecule has 2 rings (SSSR count). The number of aromatic nitrogens is 1. The molecule has 0 aliphatic heterocycles. The van der Waals surface area contributed by atoms with E-state index in [1.54, 1.807) is 23.7 Å². The van der Waals surface area contributed by atoms with Gasteiger partial charge in [-0.25, -0.2) is 8.42 Å². The maximum absolute atomic E-state index is 12.4. The molecular formula is C14H21N3O2S2. The molecule has 2 aromatic rings. The quantitative estimate of drug-likeness (QED) is 0.783. The smallest absolute Gasteiger partial charge is 0.263 e. The van der Waals surface area contributed by atoms with E-state index in [2.05, 4.69) is 17.0 Å². The number of nitrogens with one attached hydrogen (secondary N) is 2. The SMILES string of the molecule is CCCn1cc(S(=O)(=O)Nc2ccsc2)cc1CNCC. The Kier molecular flexibility index (Phi) is 5.44. The summed E-state index contributed by atoms with van der Waals surface area (Å²) in [6, 6.07) is 3.50. The highest BCUT2D eigenvalue weighted by atomic mass is 32.2. The Labute approximate surface area is 130 Å². The van der Waals surface area contributed by atoms with Crippen molar-refractivity contribution < 1.29 is 8.42 Å². The third-order valence-corrected chi connectivity index (χ3v) is 5.10. The van der Waals surface area contributed by atoms with Crippen LogP contribution >= 0.6 is 11.3 Å². The Bertz CT molecular complexity index is 660. The van der Waals surface area contributed by atoms with Gasteiger partial charge in [-0.1, -0.05) is 13.8 Å².